The molecule has 220 valence electrons. The molecular formula is C36H36BrN3O3. The minimum absolute atomic E-state index is 0.259. The van der Waals surface area contributed by atoms with Crippen molar-refractivity contribution in [3.05, 3.63) is 131 Å². The van der Waals surface area contributed by atoms with Gasteiger partial charge in [-0.1, -0.05) is 89.8 Å². The van der Waals surface area contributed by atoms with Crippen LogP contribution in [0.15, 0.2) is 115 Å². The molecule has 0 saturated carbocycles. The lowest BCUT2D eigenvalue weighted by Gasteiger charge is -2.39. The zero-order valence-corrected chi connectivity index (χ0v) is 26.1. The molecule has 0 fully saturated rings. The van der Waals surface area contributed by atoms with Crippen molar-refractivity contribution in [3.8, 4) is 11.8 Å². The van der Waals surface area contributed by atoms with Crippen LogP contribution in [0.25, 0.3) is 21.8 Å². The zero-order valence-electron chi connectivity index (χ0n) is 24.5. The van der Waals surface area contributed by atoms with Gasteiger partial charge in [-0.3, -0.25) is 0 Å². The van der Waals surface area contributed by atoms with Crippen LogP contribution >= 0.6 is 15.9 Å². The van der Waals surface area contributed by atoms with Crippen molar-refractivity contribution in [3.63, 3.8) is 0 Å². The minimum Gasteiger partial charge on any atom is -0.473 e. The van der Waals surface area contributed by atoms with Crippen molar-refractivity contribution >= 4 is 37.7 Å². The number of pyridine rings is 2. The van der Waals surface area contributed by atoms with Gasteiger partial charge in [-0.25, -0.2) is 9.97 Å². The number of hydrogen-bond donors (Lipinski definition) is 1. The quantitative estimate of drug-likeness (QED) is 0.134. The van der Waals surface area contributed by atoms with E-state index in [1.807, 2.05) is 86.9 Å². The van der Waals surface area contributed by atoms with Crippen LogP contribution < -0.4 is 9.47 Å². The Morgan fingerprint density at radius 3 is 1.77 bits per heavy atom. The molecule has 3 aromatic carbocycles. The van der Waals surface area contributed by atoms with Crippen LogP contribution in [0.5, 0.6) is 11.8 Å². The minimum atomic E-state index is -1.42. The molecule has 7 heteroatoms. The Morgan fingerprint density at radius 2 is 1.30 bits per heavy atom. The zero-order chi connectivity index (χ0) is 30.4. The molecule has 0 spiro atoms. The van der Waals surface area contributed by atoms with Crippen LogP contribution in [0.3, 0.4) is 0 Å². The number of rotatable bonds is 13. The van der Waals surface area contributed by atoms with E-state index in [-0.39, 0.29) is 13.2 Å². The normalized spacial score (nSPS) is 12.9. The Kier molecular flexibility index (Phi) is 9.56. The molecule has 0 saturated heterocycles. The lowest BCUT2D eigenvalue weighted by Crippen LogP contribution is -2.38. The van der Waals surface area contributed by atoms with Crippen molar-refractivity contribution in [2.45, 2.75) is 17.9 Å². The largest absolute Gasteiger partial charge is 0.473 e. The number of hydrogen-bond acceptors (Lipinski definition) is 6. The molecule has 0 amide bonds. The van der Waals surface area contributed by atoms with Crippen LogP contribution in [0.2, 0.25) is 0 Å². The maximum absolute atomic E-state index is 13.2. The number of para-hydroxylation sites is 2. The van der Waals surface area contributed by atoms with Crippen molar-refractivity contribution in [1.82, 2.24) is 14.9 Å². The molecule has 5 aromatic rings. The Balaban J connectivity index is 1.88. The first kappa shape index (κ1) is 30.4. The number of aliphatic hydroxyl groups is 1. The average molecular weight is 639 g/mol. The van der Waals surface area contributed by atoms with Crippen molar-refractivity contribution < 1.29 is 14.6 Å². The summed E-state index contributed by atoms with van der Waals surface area (Å²) < 4.78 is 13.4. The number of fused-ring (bicyclic) bond motifs is 2. The molecule has 1 N–H and O–H groups in total. The van der Waals surface area contributed by atoms with E-state index >= 15 is 0 Å². The van der Waals surface area contributed by atoms with Gasteiger partial charge in [0.15, 0.2) is 0 Å². The Hall–Kier alpha value is -4.04. The number of halogens is 1. The highest BCUT2D eigenvalue weighted by molar-refractivity contribution is 9.10. The molecule has 1 atom stereocenters. The summed E-state index contributed by atoms with van der Waals surface area (Å²) in [6.07, 6.45) is 3.80. The Labute approximate surface area is 261 Å². The summed E-state index contributed by atoms with van der Waals surface area (Å²) in [5, 5.41) is 15.0. The lowest BCUT2D eigenvalue weighted by molar-refractivity contribution is 0.00294. The maximum Gasteiger partial charge on any atom is 0.218 e. The highest BCUT2D eigenvalue weighted by Crippen LogP contribution is 2.50. The topological polar surface area (TPSA) is 67.7 Å². The van der Waals surface area contributed by atoms with Crippen LogP contribution in [-0.2, 0) is 5.60 Å². The van der Waals surface area contributed by atoms with Crippen molar-refractivity contribution in [2.75, 3.05) is 33.9 Å². The molecule has 0 aliphatic heterocycles. The van der Waals surface area contributed by atoms with Gasteiger partial charge in [-0.15, -0.1) is 0 Å². The van der Waals surface area contributed by atoms with Crippen molar-refractivity contribution in [1.29, 1.82) is 0 Å². The summed E-state index contributed by atoms with van der Waals surface area (Å²) in [6.45, 7) is 8.85. The molecule has 0 bridgehead atoms. The van der Waals surface area contributed by atoms with Gasteiger partial charge in [-0.05, 0) is 62.5 Å². The number of ether oxygens (including phenoxy) is 2. The van der Waals surface area contributed by atoms with E-state index < -0.39 is 11.5 Å². The van der Waals surface area contributed by atoms with E-state index in [2.05, 4.69) is 46.1 Å². The van der Waals surface area contributed by atoms with Crippen LogP contribution in [0.4, 0.5) is 0 Å². The second-order valence-corrected chi connectivity index (χ2v) is 11.7. The first-order chi connectivity index (χ1) is 20.8. The summed E-state index contributed by atoms with van der Waals surface area (Å²) in [6, 6.07) is 27.8. The van der Waals surface area contributed by atoms with Gasteiger partial charge in [0.25, 0.3) is 0 Å². The fourth-order valence-electron chi connectivity index (χ4n) is 5.42. The van der Waals surface area contributed by atoms with E-state index in [0.717, 1.165) is 43.0 Å². The monoisotopic (exact) mass is 637 g/mol. The van der Waals surface area contributed by atoms with E-state index in [1.165, 1.54) is 0 Å². The van der Waals surface area contributed by atoms with Gasteiger partial charge < -0.3 is 19.5 Å². The van der Waals surface area contributed by atoms with E-state index in [1.54, 1.807) is 12.2 Å². The van der Waals surface area contributed by atoms with E-state index in [4.69, 9.17) is 19.4 Å². The van der Waals surface area contributed by atoms with Crippen LogP contribution in [-0.4, -0.2) is 53.8 Å². The molecule has 43 heavy (non-hydrogen) atoms. The maximum atomic E-state index is 13.2. The summed E-state index contributed by atoms with van der Waals surface area (Å²) in [7, 11) is 4.01. The van der Waals surface area contributed by atoms with E-state index in [9.17, 15) is 5.11 Å². The Bertz CT molecular complexity index is 1640. The summed E-state index contributed by atoms with van der Waals surface area (Å²) >= 11 is 3.57. The molecule has 2 heterocycles. The molecular weight excluding hydrogens is 602 g/mol. The first-order valence-corrected chi connectivity index (χ1v) is 15.0. The highest BCUT2D eigenvalue weighted by Gasteiger charge is 2.44. The van der Waals surface area contributed by atoms with E-state index in [0.29, 0.717) is 24.7 Å². The lowest BCUT2D eigenvalue weighted by atomic mass is 9.71. The molecule has 6 nitrogen and oxygen atoms in total. The summed E-state index contributed by atoms with van der Waals surface area (Å²) in [5.41, 5.74) is 2.38. The molecule has 5 rings (SSSR count). The second-order valence-electron chi connectivity index (χ2n) is 10.8. The fourth-order valence-corrected chi connectivity index (χ4v) is 5.68. The van der Waals surface area contributed by atoms with Crippen molar-refractivity contribution in [2.24, 2.45) is 0 Å². The van der Waals surface area contributed by atoms with Gasteiger partial charge >= 0.3 is 0 Å². The van der Waals surface area contributed by atoms with Crippen LogP contribution in [0, 0.1) is 0 Å². The van der Waals surface area contributed by atoms with Crippen LogP contribution in [0.1, 0.15) is 29.0 Å². The predicted octanol–water partition coefficient (Wildman–Crippen LogP) is 7.65. The predicted molar refractivity (Wildman–Crippen MR) is 178 cm³/mol. The van der Waals surface area contributed by atoms with Gasteiger partial charge in [0.2, 0.25) is 11.8 Å². The summed E-state index contributed by atoms with van der Waals surface area (Å²) in [4.78, 5) is 12.0. The fraction of sp³-hybridized carbons (Fsp3) is 0.222. The molecule has 0 aliphatic carbocycles. The standard InChI is InChI=1S/C36H36BrN3O3/c1-5-21-42-34-29(23-25-11-7-9-13-31(25)38-34)33(36(41,19-20-40(3)4)27-15-17-28(37)18-16-27)30-24-26-12-8-10-14-32(26)39-35(30)43-22-6-2/h5-18,23-24,33,41H,1-2,19-22H2,3-4H3. The first-order valence-electron chi connectivity index (χ1n) is 14.2. The third kappa shape index (κ3) is 6.64. The highest BCUT2D eigenvalue weighted by atomic mass is 79.9. The van der Waals surface area contributed by atoms with Gasteiger partial charge in [0.1, 0.15) is 18.8 Å². The molecule has 1 unspecified atom stereocenters. The molecule has 0 radical (unpaired) electrons. The average Bonchev–Trinajstić information content (AvgIpc) is 3.02. The van der Waals surface area contributed by atoms with Gasteiger partial charge in [0, 0.05) is 32.9 Å². The molecule has 0 aliphatic rings. The number of benzene rings is 3. The number of nitrogens with zero attached hydrogens (tertiary/aromatic N) is 3. The van der Waals surface area contributed by atoms with Gasteiger partial charge in [-0.2, -0.15) is 0 Å². The molecule has 2 aromatic heterocycles. The Morgan fingerprint density at radius 1 is 0.814 bits per heavy atom. The van der Waals surface area contributed by atoms with Gasteiger partial charge in [0.05, 0.1) is 17.0 Å². The second kappa shape index (κ2) is 13.5. The third-order valence-corrected chi connectivity index (χ3v) is 8.02. The summed E-state index contributed by atoms with van der Waals surface area (Å²) in [5.74, 6) is 0.168. The number of aromatic nitrogens is 2. The third-order valence-electron chi connectivity index (χ3n) is 7.49. The smallest absolute Gasteiger partial charge is 0.218 e. The SMILES string of the molecule is C=CCOc1nc2ccccc2cc1C(c1cc2ccccc2nc1OCC=C)C(O)(CCN(C)C)c1ccc(Br)cc1.